The van der Waals surface area contributed by atoms with Crippen molar-refractivity contribution in [3.8, 4) is 0 Å². The van der Waals surface area contributed by atoms with E-state index in [0.717, 1.165) is 12.3 Å². The van der Waals surface area contributed by atoms with E-state index in [4.69, 9.17) is 0 Å². The molecular weight excluding hydrogens is 218 g/mol. The lowest BCUT2D eigenvalue weighted by molar-refractivity contribution is 0.599. The lowest BCUT2D eigenvalue weighted by atomic mass is 10.2. The molecule has 1 rings (SSSR count). The highest BCUT2D eigenvalue weighted by Gasteiger charge is 2.10. The lowest BCUT2D eigenvalue weighted by Gasteiger charge is -2.18. The van der Waals surface area contributed by atoms with Crippen molar-refractivity contribution in [3.05, 3.63) is 18.0 Å². The molecule has 0 saturated heterocycles. The third-order valence-electron chi connectivity index (χ3n) is 2.31. The smallest absolute Gasteiger partial charge is 0.0537 e. The van der Waals surface area contributed by atoms with Gasteiger partial charge in [-0.05, 0) is 6.92 Å². The monoisotopic (exact) mass is 241 g/mol. The van der Waals surface area contributed by atoms with E-state index in [1.807, 2.05) is 29.7 Å². The molecule has 0 aliphatic carbocycles. The van der Waals surface area contributed by atoms with Gasteiger partial charge in [0.2, 0.25) is 0 Å². The fourth-order valence-electron chi connectivity index (χ4n) is 1.41. The number of thioether (sulfide) groups is 1. The van der Waals surface area contributed by atoms with Crippen LogP contribution in [-0.2, 0) is 7.05 Å². The molecule has 0 radical (unpaired) electrons. The minimum Gasteiger partial charge on any atom is -0.309 e. The Kier molecular flexibility index (Phi) is 4.87. The van der Waals surface area contributed by atoms with Crippen molar-refractivity contribution >= 4 is 11.8 Å². The van der Waals surface area contributed by atoms with Gasteiger partial charge in [0.25, 0.3) is 0 Å². The van der Waals surface area contributed by atoms with Gasteiger partial charge in [-0.1, -0.05) is 20.8 Å². The fourth-order valence-corrected chi connectivity index (χ4v) is 2.25. The third-order valence-corrected chi connectivity index (χ3v) is 3.59. The normalized spacial score (nSPS) is 14.1. The quantitative estimate of drug-likeness (QED) is 0.804. The molecule has 1 aromatic heterocycles. The fraction of sp³-hybridized carbons (Fsp3) is 0.750. The molecule has 1 N–H and O–H groups in total. The molecule has 0 fully saturated rings. The second-order valence-corrected chi connectivity index (χ2v) is 7.01. The SMILES string of the molecule is C[C@H](NCCSC(C)(C)C)c1cnn(C)c1. The van der Waals surface area contributed by atoms with Crippen LogP contribution in [0.3, 0.4) is 0 Å². The second kappa shape index (κ2) is 5.73. The number of aromatic nitrogens is 2. The molecule has 0 spiro atoms. The van der Waals surface area contributed by atoms with Crippen LogP contribution >= 0.6 is 11.8 Å². The van der Waals surface area contributed by atoms with Crippen LogP contribution in [0.15, 0.2) is 12.4 Å². The van der Waals surface area contributed by atoms with Crippen molar-refractivity contribution in [1.29, 1.82) is 0 Å². The summed E-state index contributed by atoms with van der Waals surface area (Å²) < 4.78 is 2.20. The summed E-state index contributed by atoms with van der Waals surface area (Å²) in [5.74, 6) is 1.15. The van der Waals surface area contributed by atoms with E-state index in [1.54, 1.807) is 0 Å². The largest absolute Gasteiger partial charge is 0.309 e. The number of hydrogen-bond donors (Lipinski definition) is 1. The van der Waals surface area contributed by atoms with Crippen molar-refractivity contribution in [2.45, 2.75) is 38.5 Å². The molecule has 16 heavy (non-hydrogen) atoms. The van der Waals surface area contributed by atoms with Crippen molar-refractivity contribution in [2.75, 3.05) is 12.3 Å². The van der Waals surface area contributed by atoms with E-state index < -0.39 is 0 Å². The summed E-state index contributed by atoms with van der Waals surface area (Å²) >= 11 is 1.99. The van der Waals surface area contributed by atoms with E-state index in [0.29, 0.717) is 10.8 Å². The van der Waals surface area contributed by atoms with Gasteiger partial charge in [-0.3, -0.25) is 4.68 Å². The Hall–Kier alpha value is -0.480. The van der Waals surface area contributed by atoms with Crippen LogP contribution in [0.5, 0.6) is 0 Å². The summed E-state index contributed by atoms with van der Waals surface area (Å²) in [6.07, 6.45) is 3.99. The van der Waals surface area contributed by atoms with Crippen LogP contribution in [0.1, 0.15) is 39.3 Å². The highest BCUT2D eigenvalue weighted by atomic mass is 32.2. The first kappa shape index (κ1) is 13.6. The zero-order chi connectivity index (χ0) is 12.2. The van der Waals surface area contributed by atoms with Crippen LogP contribution in [0, 0.1) is 0 Å². The predicted octanol–water partition coefficient (Wildman–Crippen LogP) is 2.60. The van der Waals surface area contributed by atoms with E-state index in [2.05, 4.69) is 44.3 Å². The molecule has 0 unspecified atom stereocenters. The van der Waals surface area contributed by atoms with Crippen LogP contribution in [0.4, 0.5) is 0 Å². The van der Waals surface area contributed by atoms with Gasteiger partial charge < -0.3 is 5.32 Å². The Labute approximate surface area is 103 Å². The molecule has 0 aliphatic rings. The first-order chi connectivity index (χ1) is 7.38. The van der Waals surface area contributed by atoms with Crippen molar-refractivity contribution in [3.63, 3.8) is 0 Å². The summed E-state index contributed by atoms with van der Waals surface area (Å²) in [6, 6.07) is 0.384. The first-order valence-electron chi connectivity index (χ1n) is 5.74. The zero-order valence-electron chi connectivity index (χ0n) is 10.9. The van der Waals surface area contributed by atoms with E-state index in [9.17, 15) is 0 Å². The minimum absolute atomic E-state index is 0.360. The molecule has 1 heterocycles. The third kappa shape index (κ3) is 5.03. The average molecular weight is 241 g/mol. The number of rotatable bonds is 5. The van der Waals surface area contributed by atoms with Crippen LogP contribution in [-0.4, -0.2) is 26.8 Å². The Morgan fingerprint density at radius 3 is 2.69 bits per heavy atom. The summed E-state index contributed by atoms with van der Waals surface area (Å²) in [4.78, 5) is 0. The molecule has 92 valence electrons. The number of nitrogens with one attached hydrogen (secondary N) is 1. The van der Waals surface area contributed by atoms with Crippen molar-refractivity contribution in [1.82, 2.24) is 15.1 Å². The maximum atomic E-state index is 4.18. The standard InChI is InChI=1S/C12H23N3S/c1-10(11-8-14-15(5)9-11)13-6-7-16-12(2,3)4/h8-10,13H,6-7H2,1-5H3/t10-/m0/s1. The molecule has 0 saturated carbocycles. The van der Waals surface area contributed by atoms with E-state index >= 15 is 0 Å². The van der Waals surface area contributed by atoms with Gasteiger partial charge in [0.05, 0.1) is 6.20 Å². The molecular formula is C12H23N3S. The Morgan fingerprint density at radius 2 is 2.19 bits per heavy atom. The number of hydrogen-bond acceptors (Lipinski definition) is 3. The topological polar surface area (TPSA) is 29.9 Å². The molecule has 0 aromatic carbocycles. The maximum Gasteiger partial charge on any atom is 0.0537 e. The van der Waals surface area contributed by atoms with Gasteiger partial charge in [-0.15, -0.1) is 0 Å². The minimum atomic E-state index is 0.360. The summed E-state index contributed by atoms with van der Waals surface area (Å²) in [5, 5.41) is 7.69. The summed E-state index contributed by atoms with van der Waals surface area (Å²) in [6.45, 7) is 9.98. The molecule has 1 aromatic rings. The van der Waals surface area contributed by atoms with Crippen molar-refractivity contribution < 1.29 is 0 Å². The molecule has 1 atom stereocenters. The number of nitrogens with zero attached hydrogens (tertiary/aromatic N) is 2. The van der Waals surface area contributed by atoms with Crippen molar-refractivity contribution in [2.24, 2.45) is 7.05 Å². The molecule has 0 aliphatic heterocycles. The Bertz CT molecular complexity index is 314. The lowest BCUT2D eigenvalue weighted by Crippen LogP contribution is -2.22. The van der Waals surface area contributed by atoms with Gasteiger partial charge >= 0.3 is 0 Å². The highest BCUT2D eigenvalue weighted by Crippen LogP contribution is 2.22. The Morgan fingerprint density at radius 1 is 1.50 bits per heavy atom. The van der Waals surface area contributed by atoms with Crippen LogP contribution in [0.25, 0.3) is 0 Å². The molecule has 3 nitrogen and oxygen atoms in total. The molecule has 0 amide bonds. The summed E-state index contributed by atoms with van der Waals surface area (Å²) in [7, 11) is 1.95. The Balaban J connectivity index is 2.23. The highest BCUT2D eigenvalue weighted by molar-refractivity contribution is 8.00. The first-order valence-corrected chi connectivity index (χ1v) is 6.73. The number of aryl methyl sites for hydroxylation is 1. The van der Waals surface area contributed by atoms with Gasteiger partial charge in [0.1, 0.15) is 0 Å². The second-order valence-electron chi connectivity index (χ2n) is 5.08. The predicted molar refractivity (Wildman–Crippen MR) is 71.8 cm³/mol. The zero-order valence-corrected chi connectivity index (χ0v) is 11.8. The van der Waals surface area contributed by atoms with Gasteiger partial charge in [-0.2, -0.15) is 16.9 Å². The van der Waals surface area contributed by atoms with Crippen LogP contribution in [0.2, 0.25) is 0 Å². The van der Waals surface area contributed by atoms with Gasteiger partial charge in [0, 0.05) is 41.9 Å². The van der Waals surface area contributed by atoms with E-state index in [-0.39, 0.29) is 0 Å². The van der Waals surface area contributed by atoms with Gasteiger partial charge in [0.15, 0.2) is 0 Å². The molecule has 0 bridgehead atoms. The maximum absolute atomic E-state index is 4.18. The summed E-state index contributed by atoms with van der Waals surface area (Å²) in [5.41, 5.74) is 1.25. The van der Waals surface area contributed by atoms with Crippen LogP contribution < -0.4 is 5.32 Å². The average Bonchev–Trinajstić information content (AvgIpc) is 2.57. The van der Waals surface area contributed by atoms with Gasteiger partial charge in [-0.25, -0.2) is 0 Å². The van der Waals surface area contributed by atoms with E-state index in [1.165, 1.54) is 5.56 Å². The molecule has 4 heteroatoms.